The lowest BCUT2D eigenvalue weighted by molar-refractivity contribution is -0.113. The SMILES string of the molecule is CCn1c(C)nnc1SCC(=O)Nc1ccc(C(C)C)cc1. The van der Waals surface area contributed by atoms with Gasteiger partial charge in [-0.2, -0.15) is 0 Å². The van der Waals surface area contributed by atoms with E-state index in [1.54, 1.807) is 0 Å². The summed E-state index contributed by atoms with van der Waals surface area (Å²) in [6.45, 7) is 9.05. The second-order valence-electron chi connectivity index (χ2n) is 5.39. The maximum atomic E-state index is 12.0. The molecule has 0 unspecified atom stereocenters. The third kappa shape index (κ3) is 4.10. The first kappa shape index (κ1) is 16.5. The van der Waals surface area contributed by atoms with Crippen LogP contribution in [0.4, 0.5) is 5.69 Å². The second-order valence-corrected chi connectivity index (χ2v) is 6.33. The Balaban J connectivity index is 1.90. The van der Waals surface area contributed by atoms with E-state index in [4.69, 9.17) is 0 Å². The molecule has 0 fully saturated rings. The van der Waals surface area contributed by atoms with Crippen molar-refractivity contribution in [2.45, 2.75) is 45.3 Å². The van der Waals surface area contributed by atoms with Gasteiger partial charge in [0.25, 0.3) is 0 Å². The average Bonchev–Trinajstić information content (AvgIpc) is 2.85. The lowest BCUT2D eigenvalue weighted by Crippen LogP contribution is -2.14. The minimum absolute atomic E-state index is 0.0365. The fraction of sp³-hybridized carbons (Fsp3) is 0.438. The molecule has 0 aliphatic rings. The number of benzene rings is 1. The van der Waals surface area contributed by atoms with Gasteiger partial charge in [-0.25, -0.2) is 0 Å². The Morgan fingerprint density at radius 3 is 2.55 bits per heavy atom. The molecule has 6 heteroatoms. The van der Waals surface area contributed by atoms with E-state index in [0.717, 1.165) is 23.2 Å². The van der Waals surface area contributed by atoms with E-state index in [2.05, 4.69) is 29.4 Å². The van der Waals surface area contributed by atoms with Crippen LogP contribution in [0, 0.1) is 6.92 Å². The zero-order chi connectivity index (χ0) is 16.1. The van der Waals surface area contributed by atoms with E-state index < -0.39 is 0 Å². The topological polar surface area (TPSA) is 59.8 Å². The van der Waals surface area contributed by atoms with E-state index in [9.17, 15) is 4.79 Å². The van der Waals surface area contributed by atoms with Crippen molar-refractivity contribution in [2.24, 2.45) is 0 Å². The maximum Gasteiger partial charge on any atom is 0.234 e. The third-order valence-corrected chi connectivity index (χ3v) is 4.38. The quantitative estimate of drug-likeness (QED) is 0.829. The van der Waals surface area contributed by atoms with Crippen LogP contribution >= 0.6 is 11.8 Å². The van der Waals surface area contributed by atoms with Gasteiger partial charge in [-0.1, -0.05) is 37.7 Å². The summed E-state index contributed by atoms with van der Waals surface area (Å²) < 4.78 is 2.00. The molecule has 0 bridgehead atoms. The molecule has 1 aromatic heterocycles. The summed E-state index contributed by atoms with van der Waals surface area (Å²) in [4.78, 5) is 12.0. The Hall–Kier alpha value is -1.82. The monoisotopic (exact) mass is 318 g/mol. The fourth-order valence-electron chi connectivity index (χ4n) is 2.11. The minimum atomic E-state index is -0.0365. The van der Waals surface area contributed by atoms with Crippen LogP contribution in [0.2, 0.25) is 0 Å². The summed E-state index contributed by atoms with van der Waals surface area (Å²) in [7, 11) is 0. The minimum Gasteiger partial charge on any atom is -0.325 e. The number of carbonyl (C=O) groups is 1. The molecule has 0 saturated heterocycles. The Labute approximate surface area is 135 Å². The number of carbonyl (C=O) groups excluding carboxylic acids is 1. The predicted molar refractivity (Wildman–Crippen MR) is 90.3 cm³/mol. The second kappa shape index (κ2) is 7.45. The Kier molecular flexibility index (Phi) is 5.60. The molecule has 0 radical (unpaired) electrons. The van der Waals surface area contributed by atoms with Gasteiger partial charge in [-0.3, -0.25) is 4.79 Å². The average molecular weight is 318 g/mol. The Morgan fingerprint density at radius 1 is 1.27 bits per heavy atom. The molecule has 1 aromatic carbocycles. The first-order valence-electron chi connectivity index (χ1n) is 7.43. The summed E-state index contributed by atoms with van der Waals surface area (Å²) in [5.41, 5.74) is 2.09. The van der Waals surface area contributed by atoms with Crippen molar-refractivity contribution in [2.75, 3.05) is 11.1 Å². The zero-order valence-electron chi connectivity index (χ0n) is 13.5. The molecule has 5 nitrogen and oxygen atoms in total. The summed E-state index contributed by atoms with van der Waals surface area (Å²) in [5, 5.41) is 11.8. The summed E-state index contributed by atoms with van der Waals surface area (Å²) in [6.07, 6.45) is 0. The molecule has 1 amide bonds. The molecule has 2 aromatic rings. The first-order valence-corrected chi connectivity index (χ1v) is 8.42. The molecule has 0 atom stereocenters. The highest BCUT2D eigenvalue weighted by Gasteiger charge is 2.10. The molecule has 1 heterocycles. The number of anilines is 1. The van der Waals surface area contributed by atoms with Crippen LogP contribution in [0.25, 0.3) is 0 Å². The number of thioether (sulfide) groups is 1. The van der Waals surface area contributed by atoms with Gasteiger partial charge in [0.1, 0.15) is 5.82 Å². The number of nitrogens with one attached hydrogen (secondary N) is 1. The number of aromatic nitrogens is 3. The predicted octanol–water partition coefficient (Wildman–Crippen LogP) is 3.46. The van der Waals surface area contributed by atoms with Gasteiger partial charge in [0.15, 0.2) is 5.16 Å². The largest absolute Gasteiger partial charge is 0.325 e. The highest BCUT2D eigenvalue weighted by molar-refractivity contribution is 7.99. The van der Waals surface area contributed by atoms with E-state index in [1.165, 1.54) is 17.3 Å². The number of aryl methyl sites for hydroxylation is 1. The van der Waals surface area contributed by atoms with Crippen molar-refractivity contribution in [3.8, 4) is 0 Å². The van der Waals surface area contributed by atoms with Gasteiger partial charge in [0.05, 0.1) is 5.75 Å². The van der Waals surface area contributed by atoms with Gasteiger partial charge in [-0.05, 0) is 37.5 Å². The normalized spacial score (nSPS) is 11.0. The summed E-state index contributed by atoms with van der Waals surface area (Å²) in [5.74, 6) is 1.65. The molecule has 0 aliphatic carbocycles. The summed E-state index contributed by atoms with van der Waals surface area (Å²) >= 11 is 1.41. The van der Waals surface area contributed by atoms with Gasteiger partial charge in [-0.15, -0.1) is 10.2 Å². The van der Waals surface area contributed by atoms with E-state index >= 15 is 0 Å². The van der Waals surface area contributed by atoms with Crippen molar-refractivity contribution in [1.29, 1.82) is 0 Å². The molecule has 22 heavy (non-hydrogen) atoms. The lowest BCUT2D eigenvalue weighted by atomic mass is 10.0. The van der Waals surface area contributed by atoms with Crippen LogP contribution < -0.4 is 5.32 Å². The van der Waals surface area contributed by atoms with Crippen LogP contribution in [0.1, 0.15) is 38.1 Å². The van der Waals surface area contributed by atoms with Crippen molar-refractivity contribution < 1.29 is 4.79 Å². The molecule has 2 rings (SSSR count). The van der Waals surface area contributed by atoms with Crippen LogP contribution in [0.15, 0.2) is 29.4 Å². The first-order chi connectivity index (χ1) is 10.5. The van der Waals surface area contributed by atoms with Gasteiger partial charge in [0.2, 0.25) is 5.91 Å². The number of nitrogens with zero attached hydrogens (tertiary/aromatic N) is 3. The van der Waals surface area contributed by atoms with Crippen LogP contribution in [-0.4, -0.2) is 26.4 Å². The van der Waals surface area contributed by atoms with E-state index in [0.29, 0.717) is 11.7 Å². The molecule has 118 valence electrons. The maximum absolute atomic E-state index is 12.0. The smallest absolute Gasteiger partial charge is 0.234 e. The highest BCUT2D eigenvalue weighted by Crippen LogP contribution is 2.19. The Morgan fingerprint density at radius 2 is 1.95 bits per heavy atom. The highest BCUT2D eigenvalue weighted by atomic mass is 32.2. The van der Waals surface area contributed by atoms with Gasteiger partial charge in [0, 0.05) is 12.2 Å². The molecule has 0 aliphatic heterocycles. The lowest BCUT2D eigenvalue weighted by Gasteiger charge is -2.08. The van der Waals surface area contributed by atoms with Gasteiger partial charge >= 0.3 is 0 Å². The van der Waals surface area contributed by atoms with Crippen LogP contribution in [0.5, 0.6) is 0 Å². The van der Waals surface area contributed by atoms with E-state index in [1.807, 2.05) is 42.7 Å². The molecular formula is C16H22N4OS. The van der Waals surface area contributed by atoms with Crippen molar-refractivity contribution in [3.05, 3.63) is 35.7 Å². The Bertz CT molecular complexity index is 634. The number of hydrogen-bond donors (Lipinski definition) is 1. The number of amides is 1. The van der Waals surface area contributed by atoms with Crippen molar-refractivity contribution >= 4 is 23.4 Å². The number of hydrogen-bond acceptors (Lipinski definition) is 4. The third-order valence-electron chi connectivity index (χ3n) is 3.41. The van der Waals surface area contributed by atoms with Crippen LogP contribution in [-0.2, 0) is 11.3 Å². The van der Waals surface area contributed by atoms with Gasteiger partial charge < -0.3 is 9.88 Å². The standard InChI is InChI=1S/C16H22N4OS/c1-5-20-12(4)18-19-16(20)22-10-15(21)17-14-8-6-13(7-9-14)11(2)3/h6-9,11H,5,10H2,1-4H3,(H,17,21). The van der Waals surface area contributed by atoms with Crippen LogP contribution in [0.3, 0.4) is 0 Å². The molecular weight excluding hydrogens is 296 g/mol. The number of rotatable bonds is 6. The molecule has 0 spiro atoms. The molecule has 0 saturated carbocycles. The molecule has 1 N–H and O–H groups in total. The fourth-order valence-corrected chi connectivity index (χ4v) is 2.96. The van der Waals surface area contributed by atoms with Crippen molar-refractivity contribution in [1.82, 2.24) is 14.8 Å². The zero-order valence-corrected chi connectivity index (χ0v) is 14.3. The van der Waals surface area contributed by atoms with Crippen molar-refractivity contribution in [3.63, 3.8) is 0 Å². The summed E-state index contributed by atoms with van der Waals surface area (Å²) in [6, 6.07) is 7.97. The van der Waals surface area contributed by atoms with E-state index in [-0.39, 0.29) is 5.91 Å².